The summed E-state index contributed by atoms with van der Waals surface area (Å²) in [4.78, 5) is 4.34. The van der Waals surface area contributed by atoms with E-state index in [2.05, 4.69) is 29.4 Å². The number of benzene rings is 1. The molecule has 17 heavy (non-hydrogen) atoms. The van der Waals surface area contributed by atoms with Gasteiger partial charge in [0.25, 0.3) is 0 Å². The summed E-state index contributed by atoms with van der Waals surface area (Å²) < 4.78 is 0. The number of nitrogens with zero attached hydrogens (tertiary/aromatic N) is 1. The van der Waals surface area contributed by atoms with E-state index in [9.17, 15) is 0 Å². The third-order valence-corrected chi connectivity index (χ3v) is 3.51. The summed E-state index contributed by atoms with van der Waals surface area (Å²) in [5.41, 5.74) is 8.71. The first kappa shape index (κ1) is 10.4. The van der Waals surface area contributed by atoms with Gasteiger partial charge in [-0.1, -0.05) is 0 Å². The summed E-state index contributed by atoms with van der Waals surface area (Å²) in [7, 11) is 0. The van der Waals surface area contributed by atoms with Crippen LogP contribution in [0, 0.1) is 5.92 Å². The van der Waals surface area contributed by atoms with Gasteiger partial charge in [0.15, 0.2) is 0 Å². The zero-order valence-electron chi connectivity index (χ0n) is 9.98. The van der Waals surface area contributed by atoms with Crippen molar-refractivity contribution in [2.24, 2.45) is 5.92 Å². The quantitative estimate of drug-likeness (QED) is 0.792. The maximum atomic E-state index is 5.94. The Morgan fingerprint density at radius 3 is 2.94 bits per heavy atom. The van der Waals surface area contributed by atoms with E-state index in [1.54, 1.807) is 6.20 Å². The highest BCUT2D eigenvalue weighted by Crippen LogP contribution is 2.35. The van der Waals surface area contributed by atoms with Crippen molar-refractivity contribution >= 4 is 22.3 Å². The lowest BCUT2D eigenvalue weighted by atomic mass is 10.1. The molecule has 0 bridgehead atoms. The first-order chi connectivity index (χ1) is 8.25. The van der Waals surface area contributed by atoms with Crippen molar-refractivity contribution in [3.8, 4) is 0 Å². The topological polar surface area (TPSA) is 50.9 Å². The molecule has 3 heteroatoms. The van der Waals surface area contributed by atoms with Gasteiger partial charge in [-0.05, 0) is 49.9 Å². The van der Waals surface area contributed by atoms with Gasteiger partial charge < -0.3 is 11.1 Å². The largest absolute Gasteiger partial charge is 0.397 e. The van der Waals surface area contributed by atoms with Crippen molar-refractivity contribution < 1.29 is 0 Å². The molecule has 0 spiro atoms. The van der Waals surface area contributed by atoms with Gasteiger partial charge in [0.2, 0.25) is 0 Å². The van der Waals surface area contributed by atoms with Crippen LogP contribution in [0.3, 0.4) is 0 Å². The second kappa shape index (κ2) is 3.91. The number of anilines is 2. The van der Waals surface area contributed by atoms with Crippen LogP contribution >= 0.6 is 0 Å². The average Bonchev–Trinajstić information content (AvgIpc) is 3.17. The fourth-order valence-electron chi connectivity index (χ4n) is 2.28. The molecule has 1 aromatic carbocycles. The van der Waals surface area contributed by atoms with Crippen LogP contribution in [0.4, 0.5) is 11.4 Å². The molecule has 0 aliphatic heterocycles. The molecule has 88 valence electrons. The van der Waals surface area contributed by atoms with Crippen molar-refractivity contribution in [3.05, 3.63) is 30.5 Å². The number of hydrogen-bond acceptors (Lipinski definition) is 3. The molecule has 3 nitrogen and oxygen atoms in total. The monoisotopic (exact) mass is 227 g/mol. The van der Waals surface area contributed by atoms with Crippen LogP contribution < -0.4 is 11.1 Å². The van der Waals surface area contributed by atoms with Gasteiger partial charge in [-0.25, -0.2) is 0 Å². The minimum Gasteiger partial charge on any atom is -0.397 e. The van der Waals surface area contributed by atoms with E-state index in [-0.39, 0.29) is 0 Å². The predicted octanol–water partition coefficient (Wildman–Crippen LogP) is 3.03. The van der Waals surface area contributed by atoms with E-state index >= 15 is 0 Å². The van der Waals surface area contributed by atoms with Gasteiger partial charge in [-0.3, -0.25) is 4.98 Å². The Labute approximate surface area is 101 Å². The SMILES string of the molecule is CC(Nc1ccc(N)c2ncccc12)C1CC1. The number of nitrogens with two attached hydrogens (primary N) is 1. The van der Waals surface area contributed by atoms with E-state index in [0.29, 0.717) is 6.04 Å². The summed E-state index contributed by atoms with van der Waals surface area (Å²) in [6.07, 6.45) is 4.48. The van der Waals surface area contributed by atoms with E-state index in [1.807, 2.05) is 12.1 Å². The van der Waals surface area contributed by atoms with Crippen molar-refractivity contribution in [1.29, 1.82) is 0 Å². The zero-order valence-corrected chi connectivity index (χ0v) is 9.98. The van der Waals surface area contributed by atoms with Gasteiger partial charge in [0.1, 0.15) is 0 Å². The van der Waals surface area contributed by atoms with Crippen LogP contribution in [0.5, 0.6) is 0 Å². The molecule has 3 rings (SSSR count). The lowest BCUT2D eigenvalue weighted by Crippen LogP contribution is -2.17. The minimum absolute atomic E-state index is 0.530. The van der Waals surface area contributed by atoms with Gasteiger partial charge in [0.05, 0.1) is 11.2 Å². The van der Waals surface area contributed by atoms with Crippen LogP contribution in [0.2, 0.25) is 0 Å². The van der Waals surface area contributed by atoms with E-state index in [0.717, 1.165) is 28.2 Å². The van der Waals surface area contributed by atoms with Gasteiger partial charge in [0, 0.05) is 23.3 Å². The Morgan fingerprint density at radius 2 is 2.18 bits per heavy atom. The molecule has 1 saturated carbocycles. The standard InChI is InChI=1S/C14H17N3/c1-9(10-4-5-10)17-13-7-6-12(15)14-11(13)3-2-8-16-14/h2-3,6-10,17H,4-5,15H2,1H3. The fourth-order valence-corrected chi connectivity index (χ4v) is 2.28. The number of aromatic nitrogens is 1. The fraction of sp³-hybridized carbons (Fsp3) is 0.357. The molecular weight excluding hydrogens is 210 g/mol. The van der Waals surface area contributed by atoms with E-state index < -0.39 is 0 Å². The Bertz CT molecular complexity index is 546. The number of hydrogen-bond donors (Lipinski definition) is 2. The summed E-state index contributed by atoms with van der Waals surface area (Å²) in [5.74, 6) is 0.833. The van der Waals surface area contributed by atoms with Crippen LogP contribution in [-0.4, -0.2) is 11.0 Å². The third-order valence-electron chi connectivity index (χ3n) is 3.51. The van der Waals surface area contributed by atoms with Gasteiger partial charge >= 0.3 is 0 Å². The first-order valence-electron chi connectivity index (χ1n) is 6.15. The molecule has 0 saturated heterocycles. The molecule has 1 unspecified atom stereocenters. The Morgan fingerprint density at radius 1 is 1.35 bits per heavy atom. The highest BCUT2D eigenvalue weighted by molar-refractivity contribution is 5.98. The second-order valence-electron chi connectivity index (χ2n) is 4.87. The van der Waals surface area contributed by atoms with Gasteiger partial charge in [-0.2, -0.15) is 0 Å². The Balaban J connectivity index is 2.01. The van der Waals surface area contributed by atoms with Crippen LogP contribution in [0.25, 0.3) is 10.9 Å². The maximum Gasteiger partial charge on any atom is 0.0951 e. The molecule has 0 radical (unpaired) electrons. The van der Waals surface area contributed by atoms with E-state index in [4.69, 9.17) is 5.73 Å². The molecule has 1 heterocycles. The lowest BCUT2D eigenvalue weighted by Gasteiger charge is -2.16. The molecule has 3 N–H and O–H groups in total. The minimum atomic E-state index is 0.530. The molecule has 1 atom stereocenters. The van der Waals surface area contributed by atoms with Crippen molar-refractivity contribution in [2.45, 2.75) is 25.8 Å². The Kier molecular flexibility index (Phi) is 2.39. The molecule has 1 aliphatic rings. The molecule has 1 aliphatic carbocycles. The zero-order chi connectivity index (χ0) is 11.8. The van der Waals surface area contributed by atoms with E-state index in [1.165, 1.54) is 12.8 Å². The second-order valence-corrected chi connectivity index (χ2v) is 4.87. The molecular formula is C14H17N3. The lowest BCUT2D eigenvalue weighted by molar-refractivity contribution is 0.695. The number of rotatable bonds is 3. The molecule has 0 amide bonds. The van der Waals surface area contributed by atoms with Crippen molar-refractivity contribution in [1.82, 2.24) is 4.98 Å². The number of nitrogens with one attached hydrogen (secondary N) is 1. The third kappa shape index (κ3) is 1.93. The number of nitrogen functional groups attached to an aromatic ring is 1. The molecule has 1 aromatic heterocycles. The maximum absolute atomic E-state index is 5.94. The summed E-state index contributed by atoms with van der Waals surface area (Å²) in [5, 5.41) is 4.69. The number of pyridine rings is 1. The van der Waals surface area contributed by atoms with Gasteiger partial charge in [-0.15, -0.1) is 0 Å². The van der Waals surface area contributed by atoms with Crippen LogP contribution in [-0.2, 0) is 0 Å². The van der Waals surface area contributed by atoms with Crippen molar-refractivity contribution in [2.75, 3.05) is 11.1 Å². The van der Waals surface area contributed by atoms with Crippen LogP contribution in [0.15, 0.2) is 30.5 Å². The van der Waals surface area contributed by atoms with Crippen molar-refractivity contribution in [3.63, 3.8) is 0 Å². The smallest absolute Gasteiger partial charge is 0.0951 e. The highest BCUT2D eigenvalue weighted by atomic mass is 14.9. The van der Waals surface area contributed by atoms with Crippen LogP contribution in [0.1, 0.15) is 19.8 Å². The number of fused-ring (bicyclic) bond motifs is 1. The highest BCUT2D eigenvalue weighted by Gasteiger charge is 2.28. The summed E-state index contributed by atoms with van der Waals surface area (Å²) in [6, 6.07) is 8.53. The normalized spacial score (nSPS) is 17.0. The summed E-state index contributed by atoms with van der Waals surface area (Å²) >= 11 is 0. The predicted molar refractivity (Wildman–Crippen MR) is 72.0 cm³/mol. The molecule has 2 aromatic rings. The molecule has 1 fully saturated rings. The Hall–Kier alpha value is -1.77. The average molecular weight is 227 g/mol. The first-order valence-corrected chi connectivity index (χ1v) is 6.15. The summed E-state index contributed by atoms with van der Waals surface area (Å²) in [6.45, 7) is 2.25.